The lowest BCUT2D eigenvalue weighted by molar-refractivity contribution is 0.268. The monoisotopic (exact) mass is 235 g/mol. The van der Waals surface area contributed by atoms with E-state index in [0.29, 0.717) is 18.0 Å². The highest BCUT2D eigenvalue weighted by Crippen LogP contribution is 2.36. The smallest absolute Gasteiger partial charge is 0.318 e. The molecule has 17 heavy (non-hydrogen) atoms. The van der Waals surface area contributed by atoms with Gasteiger partial charge in [-0.2, -0.15) is 4.98 Å². The zero-order valence-corrected chi connectivity index (χ0v) is 10.7. The molecule has 1 aromatic rings. The molecule has 2 aliphatic rings. The van der Waals surface area contributed by atoms with Gasteiger partial charge in [-0.25, -0.2) is 0 Å². The predicted octanol–water partition coefficient (Wildman–Crippen LogP) is 3.10. The van der Waals surface area contributed by atoms with E-state index in [-0.39, 0.29) is 0 Å². The van der Waals surface area contributed by atoms with E-state index in [2.05, 4.69) is 28.9 Å². The van der Waals surface area contributed by atoms with Crippen molar-refractivity contribution in [2.75, 3.05) is 4.90 Å². The molecule has 3 rings (SSSR count). The lowest BCUT2D eigenvalue weighted by atomic mass is 9.85. The van der Waals surface area contributed by atoms with Crippen LogP contribution in [0.3, 0.4) is 0 Å². The molecule has 0 aromatic carbocycles. The fraction of sp³-hybridized carbons (Fsp3) is 0.846. The third-order valence-electron chi connectivity index (χ3n) is 4.10. The van der Waals surface area contributed by atoms with Crippen LogP contribution in [0.25, 0.3) is 0 Å². The van der Waals surface area contributed by atoms with Gasteiger partial charge in [0.2, 0.25) is 0 Å². The van der Waals surface area contributed by atoms with Crippen LogP contribution in [0.1, 0.15) is 64.1 Å². The summed E-state index contributed by atoms with van der Waals surface area (Å²) in [6.07, 6.45) is 7.87. The first kappa shape index (κ1) is 11.1. The first-order chi connectivity index (χ1) is 8.25. The molecule has 1 aromatic heterocycles. The van der Waals surface area contributed by atoms with Crippen LogP contribution in [0.2, 0.25) is 0 Å². The summed E-state index contributed by atoms with van der Waals surface area (Å²) in [7, 11) is 0. The van der Waals surface area contributed by atoms with Crippen LogP contribution in [-0.2, 0) is 0 Å². The molecular formula is C13H21N3O. The van der Waals surface area contributed by atoms with Crippen molar-refractivity contribution in [2.45, 2.75) is 70.4 Å². The van der Waals surface area contributed by atoms with E-state index < -0.39 is 0 Å². The van der Waals surface area contributed by atoms with Crippen molar-refractivity contribution >= 4 is 6.01 Å². The highest BCUT2D eigenvalue weighted by Gasteiger charge is 2.36. The normalized spacial score (nSPS) is 28.8. The van der Waals surface area contributed by atoms with Crippen LogP contribution >= 0.6 is 0 Å². The molecule has 0 spiro atoms. The lowest BCUT2D eigenvalue weighted by Gasteiger charge is -2.44. The molecule has 0 N–H and O–H groups in total. The zero-order chi connectivity index (χ0) is 11.8. The van der Waals surface area contributed by atoms with Gasteiger partial charge < -0.3 is 9.42 Å². The van der Waals surface area contributed by atoms with E-state index in [9.17, 15) is 0 Å². The first-order valence-electron chi connectivity index (χ1n) is 6.87. The van der Waals surface area contributed by atoms with Gasteiger partial charge in [0.25, 0.3) is 0 Å². The second kappa shape index (κ2) is 4.31. The minimum absolute atomic E-state index is 0.345. The van der Waals surface area contributed by atoms with Gasteiger partial charge in [0.1, 0.15) is 0 Å². The van der Waals surface area contributed by atoms with Gasteiger partial charge in [-0.3, -0.25) is 0 Å². The van der Waals surface area contributed by atoms with E-state index >= 15 is 0 Å². The Kier molecular flexibility index (Phi) is 2.81. The Morgan fingerprint density at radius 3 is 2.18 bits per heavy atom. The van der Waals surface area contributed by atoms with Crippen molar-refractivity contribution < 1.29 is 4.52 Å². The minimum atomic E-state index is 0.345. The Bertz CT molecular complexity index is 366. The van der Waals surface area contributed by atoms with E-state index in [1.807, 2.05) is 0 Å². The van der Waals surface area contributed by atoms with E-state index in [4.69, 9.17) is 4.52 Å². The molecular weight excluding hydrogens is 214 g/mol. The maximum absolute atomic E-state index is 5.47. The molecule has 0 atom stereocenters. The van der Waals surface area contributed by atoms with Gasteiger partial charge in [0.05, 0.1) is 0 Å². The van der Waals surface area contributed by atoms with Crippen LogP contribution in [0.4, 0.5) is 6.01 Å². The third kappa shape index (κ3) is 1.94. The topological polar surface area (TPSA) is 42.2 Å². The zero-order valence-electron chi connectivity index (χ0n) is 10.7. The van der Waals surface area contributed by atoms with Crippen LogP contribution < -0.4 is 4.90 Å². The van der Waals surface area contributed by atoms with Crippen molar-refractivity contribution in [2.24, 2.45) is 0 Å². The van der Waals surface area contributed by atoms with Gasteiger partial charge >= 0.3 is 6.01 Å². The maximum Gasteiger partial charge on any atom is 0.324 e. The number of fused-ring (bicyclic) bond motifs is 2. The number of anilines is 1. The number of hydrogen-bond acceptors (Lipinski definition) is 4. The van der Waals surface area contributed by atoms with Crippen LogP contribution in [-0.4, -0.2) is 22.2 Å². The van der Waals surface area contributed by atoms with Crippen molar-refractivity contribution in [1.29, 1.82) is 0 Å². The number of piperidine rings is 2. The number of hydrogen-bond donors (Lipinski definition) is 0. The molecule has 2 bridgehead atoms. The van der Waals surface area contributed by atoms with Crippen LogP contribution in [0, 0.1) is 0 Å². The average molecular weight is 235 g/mol. The van der Waals surface area contributed by atoms with Crippen LogP contribution in [0.15, 0.2) is 4.52 Å². The highest BCUT2D eigenvalue weighted by molar-refractivity contribution is 5.32. The fourth-order valence-electron chi connectivity index (χ4n) is 3.20. The summed E-state index contributed by atoms with van der Waals surface area (Å²) in [5.41, 5.74) is 0. The molecule has 4 heteroatoms. The lowest BCUT2D eigenvalue weighted by Crippen LogP contribution is -2.50. The second-order valence-electron chi connectivity index (χ2n) is 5.67. The van der Waals surface area contributed by atoms with Crippen molar-refractivity contribution in [3.63, 3.8) is 0 Å². The summed E-state index contributed by atoms with van der Waals surface area (Å²) in [5.74, 6) is 1.18. The van der Waals surface area contributed by atoms with E-state index in [0.717, 1.165) is 11.8 Å². The fourth-order valence-corrected chi connectivity index (χ4v) is 3.20. The average Bonchev–Trinajstić information content (AvgIpc) is 2.76. The largest absolute Gasteiger partial charge is 0.324 e. The van der Waals surface area contributed by atoms with Gasteiger partial charge in [-0.05, 0) is 38.5 Å². The standard InChI is InChI=1S/C13H21N3O/c1-9(2)12-14-13(17-15-12)16-10-5-3-6-11(16)8-4-7-10/h9-11H,3-8H2,1-2H3. The van der Waals surface area contributed by atoms with Gasteiger partial charge in [0.15, 0.2) is 5.82 Å². The Labute approximate surface area is 102 Å². The molecule has 94 valence electrons. The Morgan fingerprint density at radius 1 is 1.12 bits per heavy atom. The predicted molar refractivity (Wildman–Crippen MR) is 66.1 cm³/mol. The highest BCUT2D eigenvalue weighted by atomic mass is 16.5. The summed E-state index contributed by atoms with van der Waals surface area (Å²) in [6, 6.07) is 2.05. The van der Waals surface area contributed by atoms with Gasteiger partial charge in [0, 0.05) is 18.0 Å². The third-order valence-corrected chi connectivity index (χ3v) is 4.10. The molecule has 2 saturated heterocycles. The van der Waals surface area contributed by atoms with Gasteiger partial charge in [-0.1, -0.05) is 19.0 Å². The van der Waals surface area contributed by atoms with E-state index in [1.165, 1.54) is 38.5 Å². The summed E-state index contributed by atoms with van der Waals surface area (Å²) >= 11 is 0. The molecule has 2 fully saturated rings. The van der Waals surface area contributed by atoms with Gasteiger partial charge in [-0.15, -0.1) is 0 Å². The van der Waals surface area contributed by atoms with Crippen molar-refractivity contribution in [3.8, 4) is 0 Å². The van der Waals surface area contributed by atoms with Crippen molar-refractivity contribution in [1.82, 2.24) is 10.1 Å². The molecule has 2 aliphatic heterocycles. The first-order valence-corrected chi connectivity index (χ1v) is 6.87. The molecule has 0 radical (unpaired) electrons. The molecule has 0 saturated carbocycles. The van der Waals surface area contributed by atoms with Crippen LogP contribution in [0.5, 0.6) is 0 Å². The Morgan fingerprint density at radius 2 is 1.71 bits per heavy atom. The molecule has 4 nitrogen and oxygen atoms in total. The molecule has 0 amide bonds. The molecule has 0 aliphatic carbocycles. The summed E-state index contributed by atoms with van der Waals surface area (Å²) < 4.78 is 5.47. The molecule has 3 heterocycles. The Balaban J connectivity index is 1.86. The number of nitrogens with zero attached hydrogens (tertiary/aromatic N) is 3. The molecule has 0 unspecified atom stereocenters. The van der Waals surface area contributed by atoms with E-state index in [1.54, 1.807) is 0 Å². The summed E-state index contributed by atoms with van der Waals surface area (Å²) in [4.78, 5) is 6.97. The van der Waals surface area contributed by atoms with Crippen molar-refractivity contribution in [3.05, 3.63) is 5.82 Å². The second-order valence-corrected chi connectivity index (χ2v) is 5.67. The Hall–Kier alpha value is -1.06. The maximum atomic E-state index is 5.47. The summed E-state index contributed by atoms with van der Waals surface area (Å²) in [5, 5.41) is 4.09. The minimum Gasteiger partial charge on any atom is -0.318 e. The number of rotatable bonds is 2. The SMILES string of the molecule is CC(C)c1noc(N2C3CCCC2CCC3)n1. The summed E-state index contributed by atoms with van der Waals surface area (Å²) in [6.45, 7) is 4.21. The quantitative estimate of drug-likeness (QED) is 0.790. The number of aromatic nitrogens is 2.